The van der Waals surface area contributed by atoms with Crippen molar-refractivity contribution in [1.29, 1.82) is 0 Å². The summed E-state index contributed by atoms with van der Waals surface area (Å²) in [5.74, 6) is -0.480. The number of benzene rings is 1. The van der Waals surface area contributed by atoms with E-state index in [0.29, 0.717) is 22.8 Å². The Morgan fingerprint density at radius 1 is 1.21 bits per heavy atom. The van der Waals surface area contributed by atoms with E-state index in [1.165, 1.54) is 24.4 Å². The fraction of sp³-hybridized carbons (Fsp3) is 0.294. The summed E-state index contributed by atoms with van der Waals surface area (Å²) < 4.78 is 45.8. The Kier molecular flexibility index (Phi) is 4.92. The molecule has 0 aliphatic carbocycles. The summed E-state index contributed by atoms with van der Waals surface area (Å²) in [7, 11) is 0. The number of carbonyl (C=O) groups excluding carboxylic acids is 1. The molecule has 148 valence electrons. The van der Waals surface area contributed by atoms with Crippen LogP contribution in [0.1, 0.15) is 26.3 Å². The van der Waals surface area contributed by atoms with Crippen molar-refractivity contribution in [3.63, 3.8) is 0 Å². The SMILES string of the molecule is CC(C)(C)OC(=O)n1ncc2cc(Nc3nc(Cl)ncc3C(F)(F)F)ccc21. The molecular weight excluding hydrogens is 399 g/mol. The summed E-state index contributed by atoms with van der Waals surface area (Å²) in [4.78, 5) is 19.2. The molecule has 11 heteroatoms. The summed E-state index contributed by atoms with van der Waals surface area (Å²) in [6, 6.07) is 4.55. The summed E-state index contributed by atoms with van der Waals surface area (Å²) in [5, 5.41) is 6.76. The average Bonchev–Trinajstić information content (AvgIpc) is 2.95. The Morgan fingerprint density at radius 2 is 1.93 bits per heavy atom. The first-order valence-electron chi connectivity index (χ1n) is 8.02. The number of rotatable bonds is 2. The summed E-state index contributed by atoms with van der Waals surface area (Å²) in [5.41, 5.74) is -1.01. The van der Waals surface area contributed by atoms with E-state index in [-0.39, 0.29) is 5.28 Å². The quantitative estimate of drug-likeness (QED) is 0.594. The minimum atomic E-state index is -4.65. The van der Waals surface area contributed by atoms with Gasteiger partial charge >= 0.3 is 12.3 Å². The van der Waals surface area contributed by atoms with Gasteiger partial charge in [0.1, 0.15) is 17.0 Å². The first-order chi connectivity index (χ1) is 12.9. The maximum atomic E-state index is 13.1. The van der Waals surface area contributed by atoms with E-state index in [1.807, 2.05) is 0 Å². The maximum Gasteiger partial charge on any atom is 0.435 e. The van der Waals surface area contributed by atoms with Gasteiger partial charge in [0.2, 0.25) is 5.28 Å². The highest BCUT2D eigenvalue weighted by atomic mass is 35.5. The van der Waals surface area contributed by atoms with Crippen molar-refractivity contribution >= 4 is 40.1 Å². The number of halogens is 4. The summed E-state index contributed by atoms with van der Waals surface area (Å²) >= 11 is 5.62. The number of carbonyl (C=O) groups is 1. The van der Waals surface area contributed by atoms with E-state index in [4.69, 9.17) is 16.3 Å². The second kappa shape index (κ2) is 6.93. The van der Waals surface area contributed by atoms with E-state index < -0.39 is 29.3 Å². The molecule has 0 bridgehead atoms. The van der Waals surface area contributed by atoms with Crippen molar-refractivity contribution in [2.75, 3.05) is 5.32 Å². The number of hydrogen-bond acceptors (Lipinski definition) is 6. The number of ether oxygens (including phenoxy) is 1. The minimum Gasteiger partial charge on any atom is -0.442 e. The molecule has 2 heterocycles. The van der Waals surface area contributed by atoms with E-state index >= 15 is 0 Å². The lowest BCUT2D eigenvalue weighted by atomic mass is 10.2. The average molecular weight is 414 g/mol. The van der Waals surface area contributed by atoms with Crippen LogP contribution in [0.4, 0.5) is 29.5 Å². The zero-order valence-corrected chi connectivity index (χ0v) is 15.8. The number of alkyl halides is 3. The van der Waals surface area contributed by atoms with Gasteiger partial charge < -0.3 is 10.1 Å². The van der Waals surface area contributed by atoms with Gasteiger partial charge in [0.05, 0.1) is 11.7 Å². The van der Waals surface area contributed by atoms with Gasteiger partial charge in [-0.05, 0) is 50.6 Å². The molecule has 0 unspecified atom stereocenters. The Bertz CT molecular complexity index is 1040. The molecular formula is C17H15ClF3N5O2. The first-order valence-corrected chi connectivity index (χ1v) is 8.40. The van der Waals surface area contributed by atoms with Crippen LogP contribution in [0.2, 0.25) is 5.28 Å². The van der Waals surface area contributed by atoms with Gasteiger partial charge in [-0.2, -0.15) is 27.9 Å². The molecule has 0 spiro atoms. The van der Waals surface area contributed by atoms with Crippen molar-refractivity contribution in [3.8, 4) is 0 Å². The number of nitrogens with zero attached hydrogens (tertiary/aromatic N) is 4. The third-order valence-corrected chi connectivity index (χ3v) is 3.64. The molecule has 1 aromatic carbocycles. The maximum absolute atomic E-state index is 13.1. The molecule has 0 saturated heterocycles. The Labute approximate surface area is 162 Å². The highest BCUT2D eigenvalue weighted by Crippen LogP contribution is 2.35. The molecule has 0 aliphatic rings. The second-order valence-corrected chi connectivity index (χ2v) is 7.17. The zero-order valence-electron chi connectivity index (χ0n) is 15.0. The lowest BCUT2D eigenvalue weighted by Crippen LogP contribution is -2.27. The van der Waals surface area contributed by atoms with Gasteiger partial charge in [-0.15, -0.1) is 0 Å². The smallest absolute Gasteiger partial charge is 0.435 e. The number of nitrogens with one attached hydrogen (secondary N) is 1. The van der Waals surface area contributed by atoms with Crippen LogP contribution >= 0.6 is 11.6 Å². The summed E-state index contributed by atoms with van der Waals surface area (Å²) in [6.07, 6.45) is -3.30. The van der Waals surface area contributed by atoms with E-state index in [2.05, 4.69) is 20.4 Å². The second-order valence-electron chi connectivity index (χ2n) is 6.83. The van der Waals surface area contributed by atoms with Crippen molar-refractivity contribution in [2.24, 2.45) is 0 Å². The van der Waals surface area contributed by atoms with E-state index in [0.717, 1.165) is 4.68 Å². The van der Waals surface area contributed by atoms with Crippen molar-refractivity contribution < 1.29 is 22.7 Å². The van der Waals surface area contributed by atoms with Crippen LogP contribution < -0.4 is 5.32 Å². The van der Waals surface area contributed by atoms with Gasteiger partial charge in [0.25, 0.3) is 0 Å². The van der Waals surface area contributed by atoms with Crippen LogP contribution in [0.5, 0.6) is 0 Å². The number of fused-ring (bicyclic) bond motifs is 1. The monoisotopic (exact) mass is 413 g/mol. The molecule has 0 atom stereocenters. The van der Waals surface area contributed by atoms with Gasteiger partial charge in [0, 0.05) is 17.3 Å². The third kappa shape index (κ3) is 4.33. The van der Waals surface area contributed by atoms with E-state index in [1.54, 1.807) is 20.8 Å². The normalized spacial score (nSPS) is 12.2. The van der Waals surface area contributed by atoms with Gasteiger partial charge in [-0.3, -0.25) is 0 Å². The summed E-state index contributed by atoms with van der Waals surface area (Å²) in [6.45, 7) is 5.18. The number of aromatic nitrogens is 4. The lowest BCUT2D eigenvalue weighted by molar-refractivity contribution is -0.137. The Balaban J connectivity index is 1.93. The fourth-order valence-electron chi connectivity index (χ4n) is 2.36. The predicted molar refractivity (Wildman–Crippen MR) is 96.7 cm³/mol. The molecule has 3 aromatic rings. The van der Waals surface area contributed by atoms with Crippen LogP contribution in [-0.2, 0) is 10.9 Å². The standard InChI is InChI=1S/C17H15ClF3N5O2/c1-16(2,3)28-15(27)26-12-5-4-10(6-9(12)7-23-26)24-13-11(17(19,20)21)8-22-14(18)25-13/h4-8H,1-3H3,(H,22,24,25). The first kappa shape index (κ1) is 19.9. The molecule has 0 radical (unpaired) electrons. The van der Waals surface area contributed by atoms with Gasteiger partial charge in [-0.25, -0.2) is 9.78 Å². The largest absolute Gasteiger partial charge is 0.442 e. The van der Waals surface area contributed by atoms with Crippen LogP contribution in [0.15, 0.2) is 30.6 Å². The van der Waals surface area contributed by atoms with Gasteiger partial charge in [0.15, 0.2) is 0 Å². The van der Waals surface area contributed by atoms with Crippen molar-refractivity contribution in [2.45, 2.75) is 32.5 Å². The fourth-order valence-corrected chi connectivity index (χ4v) is 2.49. The van der Waals surface area contributed by atoms with Crippen molar-refractivity contribution in [1.82, 2.24) is 19.7 Å². The van der Waals surface area contributed by atoms with Crippen LogP contribution in [-0.4, -0.2) is 31.4 Å². The van der Waals surface area contributed by atoms with Crippen LogP contribution in [0, 0.1) is 0 Å². The number of anilines is 2. The molecule has 1 N–H and O–H groups in total. The highest BCUT2D eigenvalue weighted by molar-refractivity contribution is 6.28. The highest BCUT2D eigenvalue weighted by Gasteiger charge is 2.35. The van der Waals surface area contributed by atoms with Crippen LogP contribution in [0.3, 0.4) is 0 Å². The predicted octanol–water partition coefficient (Wildman–Crippen LogP) is 5.03. The minimum absolute atomic E-state index is 0.302. The molecule has 0 aliphatic heterocycles. The number of hydrogen-bond donors (Lipinski definition) is 1. The molecule has 3 rings (SSSR count). The Morgan fingerprint density at radius 3 is 2.57 bits per heavy atom. The van der Waals surface area contributed by atoms with Crippen molar-refractivity contribution in [3.05, 3.63) is 41.4 Å². The zero-order chi connectivity index (χ0) is 20.7. The Hall–Kier alpha value is -2.88. The molecule has 0 amide bonds. The van der Waals surface area contributed by atoms with E-state index in [9.17, 15) is 18.0 Å². The molecule has 7 nitrogen and oxygen atoms in total. The van der Waals surface area contributed by atoms with Gasteiger partial charge in [-0.1, -0.05) is 0 Å². The lowest BCUT2D eigenvalue weighted by Gasteiger charge is -2.19. The topological polar surface area (TPSA) is 81.9 Å². The molecule has 0 saturated carbocycles. The molecule has 0 fully saturated rings. The third-order valence-electron chi connectivity index (χ3n) is 3.46. The van der Waals surface area contributed by atoms with Crippen LogP contribution in [0.25, 0.3) is 10.9 Å². The molecule has 2 aromatic heterocycles. The molecule has 28 heavy (non-hydrogen) atoms.